The van der Waals surface area contributed by atoms with Crippen molar-refractivity contribution in [1.29, 1.82) is 0 Å². The number of phenolic OH excluding ortho intramolecular Hbond substituents is 1. The van der Waals surface area contributed by atoms with Crippen LogP contribution in [0.3, 0.4) is 0 Å². The molecule has 1 fully saturated rings. The Morgan fingerprint density at radius 2 is 1.84 bits per heavy atom. The highest BCUT2D eigenvalue weighted by Gasteiger charge is 2.27. The number of carbonyl (C=O) groups is 1. The molecule has 0 amide bonds. The van der Waals surface area contributed by atoms with Gasteiger partial charge in [-0.15, -0.1) is 12.4 Å². The van der Waals surface area contributed by atoms with E-state index in [1.807, 2.05) is 38.1 Å². The molecule has 7 heteroatoms. The smallest absolute Gasteiger partial charge is 0.340 e. The molecule has 2 heterocycles. The van der Waals surface area contributed by atoms with E-state index in [0.29, 0.717) is 29.7 Å². The Balaban J connectivity index is 0.00000272. The summed E-state index contributed by atoms with van der Waals surface area (Å²) in [5, 5.41) is 11.7. The number of esters is 1. The van der Waals surface area contributed by atoms with Crippen molar-refractivity contribution in [2.75, 3.05) is 19.7 Å². The number of nitrogens with zero attached hydrogens (tertiary/aromatic N) is 2. The van der Waals surface area contributed by atoms with Crippen molar-refractivity contribution >= 4 is 45.2 Å². The molecule has 1 aromatic heterocycles. The fourth-order valence-corrected chi connectivity index (χ4v) is 4.86. The normalized spacial score (nSPS) is 14.0. The fraction of sp³-hybridized carbons (Fsp3) is 0.375. The van der Waals surface area contributed by atoms with Gasteiger partial charge < -0.3 is 14.4 Å². The molecule has 5 nitrogen and oxygen atoms in total. The number of aromatic nitrogens is 1. The monoisotopic (exact) mass is 506 g/mol. The summed E-state index contributed by atoms with van der Waals surface area (Å²) in [6.07, 6.45) is 2.33. The van der Waals surface area contributed by atoms with Crippen LogP contribution in [0, 0.1) is 6.92 Å². The number of rotatable bonds is 6. The minimum atomic E-state index is -0.337. The van der Waals surface area contributed by atoms with Gasteiger partial charge in [0, 0.05) is 29.7 Å². The summed E-state index contributed by atoms with van der Waals surface area (Å²) in [6, 6.07) is 12.1. The van der Waals surface area contributed by atoms with Gasteiger partial charge in [0.2, 0.25) is 0 Å². The first kappa shape index (κ1) is 23.6. The van der Waals surface area contributed by atoms with Crippen LogP contribution >= 0.6 is 28.3 Å². The maximum atomic E-state index is 13.0. The molecule has 0 spiro atoms. The highest BCUT2D eigenvalue weighted by Crippen LogP contribution is 2.40. The first-order valence-corrected chi connectivity index (χ1v) is 11.3. The van der Waals surface area contributed by atoms with Gasteiger partial charge in [-0.25, -0.2) is 4.79 Å². The number of hydrogen-bond donors (Lipinski definition) is 1. The summed E-state index contributed by atoms with van der Waals surface area (Å²) in [7, 11) is 0. The van der Waals surface area contributed by atoms with Crippen LogP contribution in [0.25, 0.3) is 10.9 Å². The average Bonchev–Trinajstić information content (AvgIpc) is 3.34. The van der Waals surface area contributed by atoms with Gasteiger partial charge in [0.1, 0.15) is 5.75 Å². The Hall–Kier alpha value is -2.02. The van der Waals surface area contributed by atoms with E-state index in [1.165, 1.54) is 0 Å². The standard InChI is InChI=1S/C24H27BrN2O3.ClH/c1-3-30-24(29)21-16(2)27(14-17-9-5-4-6-10-17)20-13-19(25)23(28)18(22(20)21)15-26-11-7-8-12-26;/h4-6,9-10,13,28H,3,7-8,11-12,14-15H2,1-2H3;1H. The van der Waals surface area contributed by atoms with E-state index >= 15 is 0 Å². The molecule has 0 atom stereocenters. The summed E-state index contributed by atoms with van der Waals surface area (Å²) in [5.74, 6) is -0.131. The molecule has 31 heavy (non-hydrogen) atoms. The van der Waals surface area contributed by atoms with E-state index in [0.717, 1.165) is 53.7 Å². The number of benzene rings is 2. The third-order valence-corrected chi connectivity index (χ3v) is 6.49. The number of fused-ring (bicyclic) bond motifs is 1. The van der Waals surface area contributed by atoms with Gasteiger partial charge in [-0.2, -0.15) is 0 Å². The molecule has 0 unspecified atom stereocenters. The van der Waals surface area contributed by atoms with Crippen molar-refractivity contribution in [2.45, 2.75) is 39.8 Å². The van der Waals surface area contributed by atoms with E-state index in [9.17, 15) is 9.90 Å². The van der Waals surface area contributed by atoms with Gasteiger partial charge in [0.05, 0.1) is 22.2 Å². The van der Waals surface area contributed by atoms with Gasteiger partial charge in [-0.05, 0) is 67.3 Å². The van der Waals surface area contributed by atoms with Crippen molar-refractivity contribution in [3.8, 4) is 5.75 Å². The molecule has 3 aromatic rings. The number of carbonyl (C=O) groups excluding carboxylic acids is 1. The highest BCUT2D eigenvalue weighted by atomic mass is 79.9. The van der Waals surface area contributed by atoms with Crippen molar-refractivity contribution in [3.63, 3.8) is 0 Å². The second kappa shape index (κ2) is 10.1. The molecule has 4 rings (SSSR count). The Kier molecular flexibility index (Phi) is 7.68. The maximum absolute atomic E-state index is 13.0. The van der Waals surface area contributed by atoms with E-state index < -0.39 is 0 Å². The molecular formula is C24H28BrClN2O3. The average molecular weight is 508 g/mol. The molecule has 0 radical (unpaired) electrons. The van der Waals surface area contributed by atoms with Crippen LogP contribution < -0.4 is 0 Å². The van der Waals surface area contributed by atoms with Gasteiger partial charge in [-0.3, -0.25) is 4.90 Å². The lowest BCUT2D eigenvalue weighted by Gasteiger charge is -2.18. The molecule has 1 aliphatic rings. The minimum absolute atomic E-state index is 0. The van der Waals surface area contributed by atoms with Crippen LogP contribution in [-0.4, -0.2) is 40.2 Å². The van der Waals surface area contributed by atoms with E-state index in [-0.39, 0.29) is 24.1 Å². The quantitative estimate of drug-likeness (QED) is 0.437. The largest absolute Gasteiger partial charge is 0.506 e. The first-order valence-electron chi connectivity index (χ1n) is 10.5. The number of ether oxygens (including phenoxy) is 1. The number of halogens is 2. The molecule has 1 N–H and O–H groups in total. The lowest BCUT2D eigenvalue weighted by Crippen LogP contribution is -2.19. The second-order valence-corrected chi connectivity index (χ2v) is 8.67. The summed E-state index contributed by atoms with van der Waals surface area (Å²) in [5.41, 5.74) is 4.28. The number of hydrogen-bond acceptors (Lipinski definition) is 4. The summed E-state index contributed by atoms with van der Waals surface area (Å²) in [4.78, 5) is 15.3. The molecule has 2 aromatic carbocycles. The fourth-order valence-electron chi connectivity index (χ4n) is 4.41. The van der Waals surface area contributed by atoms with Crippen molar-refractivity contribution in [3.05, 3.63) is 63.3 Å². The van der Waals surface area contributed by atoms with E-state index in [4.69, 9.17) is 4.74 Å². The molecule has 1 aliphatic heterocycles. The van der Waals surface area contributed by atoms with Crippen LogP contribution in [0.4, 0.5) is 0 Å². The zero-order valence-corrected chi connectivity index (χ0v) is 20.3. The summed E-state index contributed by atoms with van der Waals surface area (Å²) >= 11 is 3.54. The molecular weight excluding hydrogens is 480 g/mol. The topological polar surface area (TPSA) is 54.7 Å². The maximum Gasteiger partial charge on any atom is 0.340 e. The summed E-state index contributed by atoms with van der Waals surface area (Å²) < 4.78 is 8.21. The summed E-state index contributed by atoms with van der Waals surface area (Å²) in [6.45, 7) is 7.35. The SMILES string of the molecule is CCOC(=O)c1c(C)n(Cc2ccccc2)c2cc(Br)c(O)c(CN3CCCC3)c12.Cl. The van der Waals surface area contributed by atoms with Gasteiger partial charge in [0.15, 0.2) is 0 Å². The van der Waals surface area contributed by atoms with Crippen molar-refractivity contribution < 1.29 is 14.6 Å². The van der Waals surface area contributed by atoms with Crippen LogP contribution in [-0.2, 0) is 17.8 Å². The zero-order valence-electron chi connectivity index (χ0n) is 17.9. The third kappa shape index (κ3) is 4.61. The lowest BCUT2D eigenvalue weighted by atomic mass is 10.0. The van der Waals surface area contributed by atoms with Crippen molar-refractivity contribution in [1.82, 2.24) is 9.47 Å². The molecule has 1 saturated heterocycles. The number of phenols is 1. The zero-order chi connectivity index (χ0) is 21.3. The van der Waals surface area contributed by atoms with Crippen molar-refractivity contribution in [2.24, 2.45) is 0 Å². The van der Waals surface area contributed by atoms with Gasteiger partial charge >= 0.3 is 5.97 Å². The third-order valence-electron chi connectivity index (χ3n) is 5.88. The number of likely N-dealkylation sites (tertiary alicyclic amines) is 1. The Morgan fingerprint density at radius 1 is 1.16 bits per heavy atom. The Bertz CT molecular complexity index is 1080. The lowest BCUT2D eigenvalue weighted by molar-refractivity contribution is 0.0527. The van der Waals surface area contributed by atoms with Crippen LogP contribution in [0.15, 0.2) is 40.9 Å². The van der Waals surface area contributed by atoms with Crippen LogP contribution in [0.5, 0.6) is 5.75 Å². The van der Waals surface area contributed by atoms with Crippen LogP contribution in [0.2, 0.25) is 0 Å². The Labute approximate surface area is 197 Å². The number of aromatic hydroxyl groups is 1. The molecule has 166 valence electrons. The highest BCUT2D eigenvalue weighted by molar-refractivity contribution is 9.10. The molecule has 0 saturated carbocycles. The first-order chi connectivity index (χ1) is 14.5. The Morgan fingerprint density at radius 3 is 2.48 bits per heavy atom. The van der Waals surface area contributed by atoms with Crippen LogP contribution in [0.1, 0.15) is 46.9 Å². The van der Waals surface area contributed by atoms with Gasteiger partial charge in [0.25, 0.3) is 0 Å². The molecule has 0 bridgehead atoms. The predicted molar refractivity (Wildman–Crippen MR) is 129 cm³/mol. The minimum Gasteiger partial charge on any atom is -0.506 e. The van der Waals surface area contributed by atoms with Gasteiger partial charge in [-0.1, -0.05) is 30.3 Å². The predicted octanol–water partition coefficient (Wildman–Crippen LogP) is 5.66. The second-order valence-electron chi connectivity index (χ2n) is 7.82. The molecule has 0 aliphatic carbocycles. The van der Waals surface area contributed by atoms with E-state index in [1.54, 1.807) is 0 Å². The van der Waals surface area contributed by atoms with E-state index in [2.05, 4.69) is 37.5 Å².